The van der Waals surface area contributed by atoms with Crippen molar-refractivity contribution in [3.05, 3.63) is 34.9 Å². The normalized spacial score (nSPS) is 12.9. The molecule has 1 aromatic carbocycles. The van der Waals surface area contributed by atoms with Gasteiger partial charge in [-0.05, 0) is 24.1 Å². The molecule has 1 N–H and O–H groups in total. The Labute approximate surface area is 90.9 Å². The maximum Gasteiger partial charge on any atom is 0.0552 e. The zero-order valence-corrected chi connectivity index (χ0v) is 9.42. The van der Waals surface area contributed by atoms with Gasteiger partial charge in [0.05, 0.1) is 6.61 Å². The van der Waals surface area contributed by atoms with Crippen LogP contribution < -0.4 is 0 Å². The van der Waals surface area contributed by atoms with Crippen LogP contribution in [0.5, 0.6) is 0 Å². The highest BCUT2D eigenvalue weighted by Crippen LogP contribution is 2.13. The molecule has 0 heterocycles. The summed E-state index contributed by atoms with van der Waals surface area (Å²) < 4.78 is 0.295. The Hall–Kier alpha value is 0.200. The summed E-state index contributed by atoms with van der Waals surface area (Å²) in [7, 11) is 0. The van der Waals surface area contributed by atoms with Crippen LogP contribution in [0.15, 0.2) is 24.3 Å². The fourth-order valence-corrected chi connectivity index (χ4v) is 1.58. The molecule has 0 aromatic heterocycles. The van der Waals surface area contributed by atoms with E-state index in [9.17, 15) is 0 Å². The molecule has 1 unspecified atom stereocenters. The van der Waals surface area contributed by atoms with Gasteiger partial charge in [0.15, 0.2) is 0 Å². The third kappa shape index (κ3) is 3.29. The average Bonchev–Trinajstić information content (AvgIpc) is 2.09. The summed E-state index contributed by atoms with van der Waals surface area (Å²) >= 11 is 7.97. The molecule has 0 aliphatic rings. The molecule has 3 heteroatoms. The maximum absolute atomic E-state index is 8.82. The van der Waals surface area contributed by atoms with E-state index < -0.39 is 0 Å². The molecule has 0 amide bonds. The van der Waals surface area contributed by atoms with Gasteiger partial charge in [0.25, 0.3) is 0 Å². The van der Waals surface area contributed by atoms with Crippen molar-refractivity contribution in [3.63, 3.8) is 0 Å². The van der Waals surface area contributed by atoms with E-state index in [1.165, 1.54) is 5.56 Å². The van der Waals surface area contributed by atoms with Crippen LogP contribution in [-0.4, -0.2) is 15.6 Å². The minimum absolute atomic E-state index is 0.225. The zero-order valence-electron chi connectivity index (χ0n) is 6.50. The quantitative estimate of drug-likeness (QED) is 0.672. The van der Waals surface area contributed by atoms with Crippen molar-refractivity contribution in [2.24, 2.45) is 0 Å². The number of aliphatic hydroxyl groups excluding tert-OH is 1. The molecule has 66 valence electrons. The smallest absolute Gasteiger partial charge is 0.0552 e. The first kappa shape index (κ1) is 10.3. The van der Waals surface area contributed by atoms with Crippen molar-refractivity contribution in [3.8, 4) is 0 Å². The van der Waals surface area contributed by atoms with Crippen LogP contribution in [0.25, 0.3) is 0 Å². The number of alkyl halides is 1. The van der Waals surface area contributed by atoms with E-state index in [2.05, 4.69) is 22.6 Å². The Kier molecular flexibility index (Phi) is 4.32. The largest absolute Gasteiger partial charge is 0.395 e. The highest BCUT2D eigenvalue weighted by atomic mass is 127. The van der Waals surface area contributed by atoms with Crippen molar-refractivity contribution in [2.75, 3.05) is 6.61 Å². The molecule has 12 heavy (non-hydrogen) atoms. The average molecular weight is 297 g/mol. The van der Waals surface area contributed by atoms with Crippen LogP contribution in [0, 0.1) is 0 Å². The molecular weight excluding hydrogens is 286 g/mol. The van der Waals surface area contributed by atoms with E-state index in [1.807, 2.05) is 24.3 Å². The van der Waals surface area contributed by atoms with Crippen molar-refractivity contribution >= 4 is 34.2 Å². The second kappa shape index (κ2) is 5.04. The Balaban J connectivity index is 2.58. The van der Waals surface area contributed by atoms with Crippen molar-refractivity contribution < 1.29 is 5.11 Å². The lowest BCUT2D eigenvalue weighted by atomic mass is 10.1. The van der Waals surface area contributed by atoms with Crippen LogP contribution in [0.1, 0.15) is 5.56 Å². The van der Waals surface area contributed by atoms with Gasteiger partial charge in [-0.25, -0.2) is 0 Å². The summed E-state index contributed by atoms with van der Waals surface area (Å²) in [4.78, 5) is 0. The van der Waals surface area contributed by atoms with Gasteiger partial charge in [0.1, 0.15) is 0 Å². The number of hydrogen-bond donors (Lipinski definition) is 1. The lowest BCUT2D eigenvalue weighted by Crippen LogP contribution is -2.07. The van der Waals surface area contributed by atoms with E-state index in [0.717, 1.165) is 11.4 Å². The second-order valence-corrected chi connectivity index (χ2v) is 4.81. The molecule has 0 spiro atoms. The summed E-state index contributed by atoms with van der Waals surface area (Å²) in [6, 6.07) is 7.72. The molecule has 0 bridgehead atoms. The Morgan fingerprint density at radius 1 is 1.33 bits per heavy atom. The van der Waals surface area contributed by atoms with E-state index in [-0.39, 0.29) is 6.61 Å². The highest BCUT2D eigenvalue weighted by Gasteiger charge is 2.02. The van der Waals surface area contributed by atoms with Gasteiger partial charge in [-0.2, -0.15) is 0 Å². The third-order valence-corrected chi connectivity index (χ3v) is 2.65. The maximum atomic E-state index is 8.82. The monoisotopic (exact) mass is 296 g/mol. The fraction of sp³-hybridized carbons (Fsp3) is 0.333. The van der Waals surface area contributed by atoms with Crippen LogP contribution in [0.2, 0.25) is 5.02 Å². The molecule has 0 radical (unpaired) electrons. The Morgan fingerprint density at radius 2 is 1.92 bits per heavy atom. The predicted molar refractivity (Wildman–Crippen MR) is 60.0 cm³/mol. The first-order valence-electron chi connectivity index (χ1n) is 3.71. The van der Waals surface area contributed by atoms with Crippen LogP contribution >= 0.6 is 34.2 Å². The second-order valence-electron chi connectivity index (χ2n) is 2.61. The Morgan fingerprint density at radius 3 is 2.42 bits per heavy atom. The first-order chi connectivity index (χ1) is 5.72. The number of aliphatic hydroxyl groups is 1. The minimum atomic E-state index is 0.225. The van der Waals surface area contributed by atoms with Gasteiger partial charge in [0.2, 0.25) is 0 Å². The Bertz CT molecular complexity index is 235. The van der Waals surface area contributed by atoms with Gasteiger partial charge >= 0.3 is 0 Å². The van der Waals surface area contributed by atoms with Gasteiger partial charge in [-0.1, -0.05) is 46.3 Å². The third-order valence-electron chi connectivity index (χ3n) is 1.57. The lowest BCUT2D eigenvalue weighted by molar-refractivity contribution is 0.299. The summed E-state index contributed by atoms with van der Waals surface area (Å²) in [5.41, 5.74) is 1.22. The standard InChI is InChI=1S/C9H10ClIO/c10-8-3-1-7(2-4-8)5-9(11)6-12/h1-4,9,12H,5-6H2. The van der Waals surface area contributed by atoms with E-state index in [1.54, 1.807) is 0 Å². The molecule has 0 aliphatic carbocycles. The highest BCUT2D eigenvalue weighted by molar-refractivity contribution is 14.1. The van der Waals surface area contributed by atoms with Crippen molar-refractivity contribution in [2.45, 2.75) is 10.3 Å². The lowest BCUT2D eigenvalue weighted by Gasteiger charge is -2.05. The molecule has 0 fully saturated rings. The van der Waals surface area contributed by atoms with Gasteiger partial charge in [-0.15, -0.1) is 0 Å². The number of hydrogen-bond acceptors (Lipinski definition) is 1. The summed E-state index contributed by atoms with van der Waals surface area (Å²) in [6.07, 6.45) is 0.897. The number of halogens is 2. The first-order valence-corrected chi connectivity index (χ1v) is 5.34. The van der Waals surface area contributed by atoms with Gasteiger partial charge in [-0.3, -0.25) is 0 Å². The molecule has 1 aromatic rings. The van der Waals surface area contributed by atoms with E-state index in [0.29, 0.717) is 3.92 Å². The number of benzene rings is 1. The summed E-state index contributed by atoms with van der Waals surface area (Å²) in [5, 5.41) is 9.57. The summed E-state index contributed by atoms with van der Waals surface area (Å²) in [5.74, 6) is 0. The van der Waals surface area contributed by atoms with Crippen LogP contribution in [0.4, 0.5) is 0 Å². The molecule has 0 saturated heterocycles. The molecule has 1 atom stereocenters. The summed E-state index contributed by atoms with van der Waals surface area (Å²) in [6.45, 7) is 0.225. The van der Waals surface area contributed by atoms with Crippen molar-refractivity contribution in [1.82, 2.24) is 0 Å². The molecular formula is C9H10ClIO. The molecule has 1 rings (SSSR count). The number of rotatable bonds is 3. The fourth-order valence-electron chi connectivity index (χ4n) is 0.941. The predicted octanol–water partition coefficient (Wildman–Crippen LogP) is 2.68. The SMILES string of the molecule is OCC(I)Cc1ccc(Cl)cc1. The van der Waals surface area contributed by atoms with Crippen molar-refractivity contribution in [1.29, 1.82) is 0 Å². The van der Waals surface area contributed by atoms with Crippen LogP contribution in [0.3, 0.4) is 0 Å². The molecule has 0 aliphatic heterocycles. The van der Waals surface area contributed by atoms with E-state index in [4.69, 9.17) is 16.7 Å². The topological polar surface area (TPSA) is 20.2 Å². The molecule has 1 nitrogen and oxygen atoms in total. The van der Waals surface area contributed by atoms with Gasteiger partial charge < -0.3 is 5.11 Å². The zero-order chi connectivity index (χ0) is 8.97. The minimum Gasteiger partial charge on any atom is -0.395 e. The molecule has 0 saturated carbocycles. The van der Waals surface area contributed by atoms with Gasteiger partial charge in [0, 0.05) is 8.95 Å². The van der Waals surface area contributed by atoms with Crippen LogP contribution in [-0.2, 0) is 6.42 Å². The van der Waals surface area contributed by atoms with E-state index >= 15 is 0 Å².